The van der Waals surface area contributed by atoms with Gasteiger partial charge in [-0.1, -0.05) is 0 Å². The molecule has 4 rings (SSSR count). The first kappa shape index (κ1) is 12.9. The summed E-state index contributed by atoms with van der Waals surface area (Å²) < 4.78 is 5.63. The number of likely N-dealkylation sites (N-methyl/N-ethyl adjacent to an activating group) is 1. The number of furan rings is 1. The van der Waals surface area contributed by atoms with Gasteiger partial charge in [-0.15, -0.1) is 11.3 Å². The molecule has 3 N–H and O–H groups in total. The summed E-state index contributed by atoms with van der Waals surface area (Å²) in [5.74, 6) is 1.61. The molecule has 21 heavy (non-hydrogen) atoms. The Balaban J connectivity index is 1.71. The molecule has 110 valence electrons. The minimum atomic E-state index is -0.274. The van der Waals surface area contributed by atoms with E-state index in [9.17, 15) is 4.79 Å². The van der Waals surface area contributed by atoms with Crippen molar-refractivity contribution in [1.82, 2.24) is 5.32 Å². The predicted molar refractivity (Wildman–Crippen MR) is 80.8 cm³/mol. The Morgan fingerprint density at radius 3 is 3.00 bits per heavy atom. The molecular formula is C15H18N3O2S+. The molecule has 0 aliphatic carbocycles. The number of thiophene rings is 1. The molecule has 4 heterocycles. The SMILES string of the molecule is Cc1ccc([C@H]2NC(=O)c3c(sc4c3CC[NH+](C)C4)N2)o1. The van der Waals surface area contributed by atoms with Crippen LogP contribution in [0.1, 0.15) is 38.5 Å². The molecule has 5 nitrogen and oxygen atoms in total. The molecule has 0 aromatic carbocycles. The van der Waals surface area contributed by atoms with Gasteiger partial charge in [0.15, 0.2) is 6.17 Å². The largest absolute Gasteiger partial charge is 0.462 e. The van der Waals surface area contributed by atoms with Crippen molar-refractivity contribution in [2.24, 2.45) is 0 Å². The molecule has 0 spiro atoms. The third-order valence-corrected chi connectivity index (χ3v) is 5.34. The lowest BCUT2D eigenvalue weighted by Gasteiger charge is -2.25. The Kier molecular flexibility index (Phi) is 2.83. The number of quaternary nitrogens is 1. The van der Waals surface area contributed by atoms with Crippen LogP contribution in [0.25, 0.3) is 0 Å². The van der Waals surface area contributed by atoms with Gasteiger partial charge in [0.1, 0.15) is 23.1 Å². The molecular weight excluding hydrogens is 286 g/mol. The van der Waals surface area contributed by atoms with E-state index in [2.05, 4.69) is 17.7 Å². The smallest absolute Gasteiger partial charge is 0.256 e. The molecule has 0 bridgehead atoms. The first-order valence-corrected chi connectivity index (χ1v) is 8.03. The fraction of sp³-hybridized carbons (Fsp3) is 0.400. The molecule has 2 aliphatic heterocycles. The summed E-state index contributed by atoms with van der Waals surface area (Å²) in [6.45, 7) is 4.00. The highest BCUT2D eigenvalue weighted by atomic mass is 32.1. The predicted octanol–water partition coefficient (Wildman–Crippen LogP) is 1.07. The topological polar surface area (TPSA) is 58.7 Å². The van der Waals surface area contributed by atoms with Gasteiger partial charge in [0.2, 0.25) is 0 Å². The quantitative estimate of drug-likeness (QED) is 0.739. The number of carbonyl (C=O) groups excluding carboxylic acids is 1. The molecule has 0 fully saturated rings. The van der Waals surface area contributed by atoms with Gasteiger partial charge in [-0.2, -0.15) is 0 Å². The average Bonchev–Trinajstić information content (AvgIpc) is 3.01. The number of hydrogen-bond acceptors (Lipinski definition) is 4. The number of fused-ring (bicyclic) bond motifs is 3. The van der Waals surface area contributed by atoms with E-state index >= 15 is 0 Å². The second-order valence-electron chi connectivity index (χ2n) is 5.84. The highest BCUT2D eigenvalue weighted by Crippen LogP contribution is 2.39. The van der Waals surface area contributed by atoms with Crippen LogP contribution in [0.3, 0.4) is 0 Å². The summed E-state index contributed by atoms with van der Waals surface area (Å²) >= 11 is 1.72. The first-order valence-electron chi connectivity index (χ1n) is 7.21. The van der Waals surface area contributed by atoms with Gasteiger partial charge in [-0.05, 0) is 24.6 Å². The maximum atomic E-state index is 12.5. The number of anilines is 1. The third-order valence-electron chi connectivity index (χ3n) is 4.18. The van der Waals surface area contributed by atoms with E-state index in [0.717, 1.165) is 41.6 Å². The van der Waals surface area contributed by atoms with E-state index in [1.54, 1.807) is 11.3 Å². The van der Waals surface area contributed by atoms with Gasteiger partial charge in [-0.3, -0.25) is 4.79 Å². The van der Waals surface area contributed by atoms with Crippen molar-refractivity contribution in [2.75, 3.05) is 18.9 Å². The van der Waals surface area contributed by atoms with Crippen molar-refractivity contribution in [2.45, 2.75) is 26.1 Å². The summed E-state index contributed by atoms with van der Waals surface area (Å²) in [4.78, 5) is 15.3. The fourth-order valence-corrected chi connectivity index (χ4v) is 4.47. The molecule has 6 heteroatoms. The Bertz CT molecular complexity index is 719. The fourth-order valence-electron chi connectivity index (χ4n) is 3.08. The molecule has 0 saturated carbocycles. The number of rotatable bonds is 1. The number of nitrogens with one attached hydrogen (secondary N) is 3. The molecule has 2 aliphatic rings. The van der Waals surface area contributed by atoms with Crippen molar-refractivity contribution in [3.8, 4) is 0 Å². The lowest BCUT2D eigenvalue weighted by molar-refractivity contribution is -0.895. The summed E-state index contributed by atoms with van der Waals surface area (Å²) in [5, 5.41) is 7.40. The summed E-state index contributed by atoms with van der Waals surface area (Å²) in [6.07, 6.45) is 0.705. The number of amides is 1. The van der Waals surface area contributed by atoms with Gasteiger partial charge in [0.25, 0.3) is 5.91 Å². The molecule has 2 aromatic rings. The third kappa shape index (κ3) is 2.06. The standard InChI is InChI=1S/C15H17N3O2S/c1-8-3-4-10(20-8)13-16-14(19)12-9-5-6-18(2)7-11(9)21-15(12)17-13/h3-4,13,17H,5-7H2,1-2H3,(H,16,19)/p+1/t13-/m0/s1. The van der Waals surface area contributed by atoms with E-state index in [-0.39, 0.29) is 12.1 Å². The lowest BCUT2D eigenvalue weighted by atomic mass is 10.0. The van der Waals surface area contributed by atoms with Crippen LogP contribution in [-0.2, 0) is 13.0 Å². The minimum absolute atomic E-state index is 0.0138. The van der Waals surface area contributed by atoms with E-state index in [4.69, 9.17) is 4.42 Å². The highest BCUT2D eigenvalue weighted by Gasteiger charge is 2.34. The van der Waals surface area contributed by atoms with Crippen molar-refractivity contribution in [1.29, 1.82) is 0 Å². The van der Waals surface area contributed by atoms with Gasteiger partial charge < -0.3 is 20.0 Å². The summed E-state index contributed by atoms with van der Waals surface area (Å²) in [7, 11) is 2.20. The van der Waals surface area contributed by atoms with Gasteiger partial charge in [-0.25, -0.2) is 0 Å². The molecule has 1 amide bonds. The second kappa shape index (κ2) is 4.61. The number of hydrogen-bond donors (Lipinski definition) is 3. The Hall–Kier alpha value is -1.79. The summed E-state index contributed by atoms with van der Waals surface area (Å²) in [5.41, 5.74) is 2.08. The number of carbonyl (C=O) groups is 1. The average molecular weight is 304 g/mol. The number of aryl methyl sites for hydroxylation is 1. The van der Waals surface area contributed by atoms with Crippen molar-refractivity contribution in [3.05, 3.63) is 39.7 Å². The second-order valence-corrected chi connectivity index (χ2v) is 6.95. The normalized spacial score (nSPS) is 24.0. The van der Waals surface area contributed by atoms with Crippen LogP contribution < -0.4 is 15.5 Å². The molecule has 0 saturated heterocycles. The van der Waals surface area contributed by atoms with E-state index in [0.29, 0.717) is 0 Å². The van der Waals surface area contributed by atoms with Crippen LogP contribution in [0.2, 0.25) is 0 Å². The minimum Gasteiger partial charge on any atom is -0.462 e. The molecule has 0 radical (unpaired) electrons. The van der Waals surface area contributed by atoms with Crippen LogP contribution in [0.15, 0.2) is 16.5 Å². The van der Waals surface area contributed by atoms with Crippen LogP contribution in [0.4, 0.5) is 5.00 Å². The Morgan fingerprint density at radius 1 is 1.38 bits per heavy atom. The van der Waals surface area contributed by atoms with Crippen LogP contribution >= 0.6 is 11.3 Å². The van der Waals surface area contributed by atoms with Gasteiger partial charge in [0, 0.05) is 6.42 Å². The molecule has 1 unspecified atom stereocenters. The van der Waals surface area contributed by atoms with Crippen LogP contribution in [0.5, 0.6) is 0 Å². The maximum absolute atomic E-state index is 12.5. The molecule has 2 aromatic heterocycles. The van der Waals surface area contributed by atoms with Crippen molar-refractivity contribution < 1.29 is 14.1 Å². The van der Waals surface area contributed by atoms with E-state index < -0.39 is 0 Å². The van der Waals surface area contributed by atoms with Crippen LogP contribution in [0, 0.1) is 6.92 Å². The van der Waals surface area contributed by atoms with Crippen molar-refractivity contribution >= 4 is 22.2 Å². The maximum Gasteiger partial charge on any atom is 0.256 e. The zero-order valence-corrected chi connectivity index (χ0v) is 12.9. The zero-order chi connectivity index (χ0) is 14.6. The lowest BCUT2D eigenvalue weighted by Crippen LogP contribution is -3.08. The Labute approximate surface area is 126 Å². The van der Waals surface area contributed by atoms with Crippen molar-refractivity contribution in [3.63, 3.8) is 0 Å². The molecule has 2 atom stereocenters. The highest BCUT2D eigenvalue weighted by molar-refractivity contribution is 7.16. The zero-order valence-electron chi connectivity index (χ0n) is 12.1. The van der Waals surface area contributed by atoms with E-state index in [1.807, 2.05) is 19.1 Å². The Morgan fingerprint density at radius 2 is 2.24 bits per heavy atom. The summed E-state index contributed by atoms with van der Waals surface area (Å²) in [6, 6.07) is 3.82. The van der Waals surface area contributed by atoms with Gasteiger partial charge in [0.05, 0.1) is 24.0 Å². The first-order chi connectivity index (χ1) is 10.1. The van der Waals surface area contributed by atoms with Gasteiger partial charge >= 0.3 is 0 Å². The van der Waals surface area contributed by atoms with Crippen LogP contribution in [-0.4, -0.2) is 19.5 Å². The monoisotopic (exact) mass is 304 g/mol. The van der Waals surface area contributed by atoms with E-state index in [1.165, 1.54) is 15.3 Å².